The SMILES string of the molecule is COc1ccc([C@@H]2Nc3ccc(Cl)cc3[C@@](C#CC3CC3)(C(F)(F)F)O2)cc1. The maximum atomic E-state index is 14.4. The first-order chi connectivity index (χ1) is 13.3. The third-order valence-corrected chi connectivity index (χ3v) is 5.02. The van der Waals surface area contributed by atoms with Crippen LogP contribution in [0.4, 0.5) is 18.9 Å². The number of benzene rings is 2. The molecule has 2 aromatic rings. The molecule has 1 heterocycles. The Morgan fingerprint density at radius 3 is 2.50 bits per heavy atom. The van der Waals surface area contributed by atoms with Crippen molar-refractivity contribution < 1.29 is 22.6 Å². The van der Waals surface area contributed by atoms with Crippen LogP contribution in [0.1, 0.15) is 30.2 Å². The van der Waals surface area contributed by atoms with E-state index in [-0.39, 0.29) is 16.5 Å². The molecule has 1 fully saturated rings. The Kier molecular flexibility index (Phi) is 4.68. The van der Waals surface area contributed by atoms with Gasteiger partial charge < -0.3 is 14.8 Å². The minimum atomic E-state index is -4.75. The zero-order valence-corrected chi connectivity index (χ0v) is 15.7. The van der Waals surface area contributed by atoms with Gasteiger partial charge >= 0.3 is 6.18 Å². The second-order valence-electron chi connectivity index (χ2n) is 6.83. The molecule has 0 radical (unpaired) electrons. The van der Waals surface area contributed by atoms with Crippen molar-refractivity contribution in [3.63, 3.8) is 0 Å². The lowest BCUT2D eigenvalue weighted by atomic mass is 9.89. The summed E-state index contributed by atoms with van der Waals surface area (Å²) >= 11 is 6.00. The number of rotatable bonds is 2. The lowest BCUT2D eigenvalue weighted by Gasteiger charge is -2.41. The van der Waals surface area contributed by atoms with Gasteiger partial charge in [0, 0.05) is 27.8 Å². The van der Waals surface area contributed by atoms with Crippen LogP contribution in [0.2, 0.25) is 5.02 Å². The normalized spacial score (nSPS) is 23.8. The van der Waals surface area contributed by atoms with Gasteiger partial charge in [0.25, 0.3) is 5.60 Å². The van der Waals surface area contributed by atoms with Gasteiger partial charge in [-0.25, -0.2) is 0 Å². The molecule has 7 heteroatoms. The number of fused-ring (bicyclic) bond motifs is 1. The second kappa shape index (κ2) is 6.91. The van der Waals surface area contributed by atoms with E-state index in [1.54, 1.807) is 30.3 Å². The topological polar surface area (TPSA) is 30.5 Å². The maximum absolute atomic E-state index is 14.4. The largest absolute Gasteiger partial charge is 0.497 e. The lowest BCUT2D eigenvalue weighted by molar-refractivity contribution is -0.273. The van der Waals surface area contributed by atoms with Crippen molar-refractivity contribution in [1.29, 1.82) is 0 Å². The molecule has 3 nitrogen and oxygen atoms in total. The Morgan fingerprint density at radius 2 is 1.89 bits per heavy atom. The Balaban J connectivity index is 1.84. The molecule has 0 amide bonds. The third-order valence-electron chi connectivity index (χ3n) is 4.79. The van der Waals surface area contributed by atoms with E-state index in [0.717, 1.165) is 12.8 Å². The minimum absolute atomic E-state index is 0.0141. The van der Waals surface area contributed by atoms with Crippen molar-refractivity contribution in [1.82, 2.24) is 0 Å². The molecule has 4 rings (SSSR count). The van der Waals surface area contributed by atoms with Gasteiger partial charge in [-0.15, -0.1) is 0 Å². The highest BCUT2D eigenvalue weighted by molar-refractivity contribution is 6.30. The number of nitrogens with one attached hydrogen (secondary N) is 1. The summed E-state index contributed by atoms with van der Waals surface area (Å²) < 4.78 is 53.9. The highest BCUT2D eigenvalue weighted by atomic mass is 35.5. The Morgan fingerprint density at radius 1 is 1.18 bits per heavy atom. The number of anilines is 1. The third kappa shape index (κ3) is 3.41. The van der Waals surface area contributed by atoms with Crippen molar-refractivity contribution in [2.75, 3.05) is 12.4 Å². The van der Waals surface area contributed by atoms with Crippen LogP contribution in [0.3, 0.4) is 0 Å². The van der Waals surface area contributed by atoms with Gasteiger partial charge in [-0.1, -0.05) is 35.6 Å². The Labute approximate surface area is 165 Å². The molecular weight excluding hydrogens is 391 g/mol. The molecule has 1 aliphatic carbocycles. The molecule has 2 aliphatic rings. The number of alkyl halides is 3. The summed E-state index contributed by atoms with van der Waals surface area (Å²) in [4.78, 5) is 0. The molecule has 0 saturated heterocycles. The number of hydrogen-bond donors (Lipinski definition) is 1. The van der Waals surface area contributed by atoms with Gasteiger partial charge in [0.15, 0.2) is 6.23 Å². The molecule has 146 valence electrons. The molecule has 28 heavy (non-hydrogen) atoms. The molecule has 0 spiro atoms. The van der Waals surface area contributed by atoms with Gasteiger partial charge in [0.1, 0.15) is 5.75 Å². The zero-order chi connectivity index (χ0) is 19.9. The highest BCUT2D eigenvalue weighted by Gasteiger charge is 2.61. The molecule has 2 aromatic carbocycles. The predicted octanol–water partition coefficient (Wildman–Crippen LogP) is 5.66. The number of ether oxygens (including phenoxy) is 2. The summed E-state index contributed by atoms with van der Waals surface area (Å²) in [6.45, 7) is 0. The van der Waals surface area contributed by atoms with E-state index in [0.29, 0.717) is 17.0 Å². The van der Waals surface area contributed by atoms with Crippen molar-refractivity contribution in [2.24, 2.45) is 5.92 Å². The molecular formula is C21H17ClF3NO2. The molecule has 1 N–H and O–H groups in total. The summed E-state index contributed by atoms with van der Waals surface area (Å²) in [6, 6.07) is 11.0. The highest BCUT2D eigenvalue weighted by Crippen LogP contribution is 2.51. The lowest BCUT2D eigenvalue weighted by Crippen LogP contribution is -2.48. The first kappa shape index (κ1) is 19.0. The fraction of sp³-hybridized carbons (Fsp3) is 0.333. The van der Waals surface area contributed by atoms with Crippen LogP contribution in [0.15, 0.2) is 42.5 Å². The van der Waals surface area contributed by atoms with Crippen LogP contribution in [0.5, 0.6) is 5.75 Å². The van der Waals surface area contributed by atoms with E-state index >= 15 is 0 Å². The van der Waals surface area contributed by atoms with Gasteiger partial charge in [-0.3, -0.25) is 0 Å². The number of hydrogen-bond acceptors (Lipinski definition) is 3. The summed E-state index contributed by atoms with van der Waals surface area (Å²) in [5, 5.41) is 3.21. The van der Waals surface area contributed by atoms with E-state index in [4.69, 9.17) is 21.1 Å². The Hall–Kier alpha value is -2.36. The quantitative estimate of drug-likeness (QED) is 0.651. The smallest absolute Gasteiger partial charge is 0.433 e. The summed E-state index contributed by atoms with van der Waals surface area (Å²) in [5.41, 5.74) is -2.06. The fourth-order valence-corrected chi connectivity index (χ4v) is 3.27. The second-order valence-corrected chi connectivity index (χ2v) is 7.26. The minimum Gasteiger partial charge on any atom is -0.497 e. The molecule has 2 atom stereocenters. The Bertz CT molecular complexity index is 945. The van der Waals surface area contributed by atoms with Crippen LogP contribution in [-0.4, -0.2) is 13.3 Å². The van der Waals surface area contributed by atoms with Gasteiger partial charge in [-0.05, 0) is 43.2 Å². The van der Waals surface area contributed by atoms with Crippen LogP contribution in [0.25, 0.3) is 0 Å². The van der Waals surface area contributed by atoms with E-state index in [2.05, 4.69) is 17.2 Å². The van der Waals surface area contributed by atoms with Crippen LogP contribution < -0.4 is 10.1 Å². The van der Waals surface area contributed by atoms with E-state index in [1.165, 1.54) is 19.2 Å². The van der Waals surface area contributed by atoms with Crippen molar-refractivity contribution in [2.45, 2.75) is 30.8 Å². The predicted molar refractivity (Wildman–Crippen MR) is 100 cm³/mol. The summed E-state index contributed by atoms with van der Waals surface area (Å²) in [5.74, 6) is 5.75. The van der Waals surface area contributed by atoms with Gasteiger partial charge in [0.05, 0.1) is 7.11 Å². The molecule has 0 aromatic heterocycles. The average Bonchev–Trinajstić information content (AvgIpc) is 3.50. The van der Waals surface area contributed by atoms with Crippen LogP contribution in [0, 0.1) is 17.8 Å². The maximum Gasteiger partial charge on any atom is 0.433 e. The van der Waals surface area contributed by atoms with Crippen LogP contribution >= 0.6 is 11.6 Å². The van der Waals surface area contributed by atoms with Gasteiger partial charge in [-0.2, -0.15) is 13.2 Å². The molecule has 1 saturated carbocycles. The van der Waals surface area contributed by atoms with Crippen LogP contribution in [-0.2, 0) is 10.3 Å². The van der Waals surface area contributed by atoms with Crippen molar-refractivity contribution >= 4 is 17.3 Å². The summed E-state index contributed by atoms with van der Waals surface area (Å²) in [7, 11) is 1.52. The average molecular weight is 408 g/mol. The fourth-order valence-electron chi connectivity index (χ4n) is 3.09. The van der Waals surface area contributed by atoms with E-state index in [9.17, 15) is 13.2 Å². The monoisotopic (exact) mass is 407 g/mol. The van der Waals surface area contributed by atoms with E-state index < -0.39 is 18.0 Å². The standard InChI is InChI=1S/C21H17ClF3NO2/c1-27-16-7-4-14(5-8-16)19-26-18-9-6-15(22)12-17(18)20(28-19,21(23,24)25)11-10-13-2-3-13/h4-9,12-13,19,26H,2-3H2,1H3/t19-,20+/m1/s1. The number of methoxy groups -OCH3 is 1. The summed E-state index contributed by atoms with van der Waals surface area (Å²) in [6.07, 6.45) is -4.16. The van der Waals surface area contributed by atoms with E-state index in [1.807, 2.05) is 0 Å². The zero-order valence-electron chi connectivity index (χ0n) is 14.9. The van der Waals surface area contributed by atoms with Crippen molar-refractivity contribution in [3.05, 3.63) is 58.6 Å². The molecule has 0 unspecified atom stereocenters. The van der Waals surface area contributed by atoms with Crippen molar-refractivity contribution in [3.8, 4) is 17.6 Å². The first-order valence-corrected chi connectivity index (χ1v) is 9.18. The van der Waals surface area contributed by atoms with Gasteiger partial charge in [0.2, 0.25) is 0 Å². The number of halogens is 4. The molecule has 0 bridgehead atoms. The molecule has 1 aliphatic heterocycles. The first-order valence-electron chi connectivity index (χ1n) is 8.80.